The third kappa shape index (κ3) is 4.97. The molecule has 25 heavy (non-hydrogen) atoms. The summed E-state index contributed by atoms with van der Waals surface area (Å²) in [7, 11) is 0. The van der Waals surface area contributed by atoms with Crippen LogP contribution in [0.15, 0.2) is 35.4 Å². The second-order valence-corrected chi connectivity index (χ2v) is 7.40. The van der Waals surface area contributed by atoms with Crippen molar-refractivity contribution in [2.24, 2.45) is 10.5 Å². The van der Waals surface area contributed by atoms with Gasteiger partial charge in [-0.15, -0.1) is 0 Å². The molecule has 1 heterocycles. The Balaban J connectivity index is 2.13. The van der Waals surface area contributed by atoms with Gasteiger partial charge in [-0.1, -0.05) is 30.3 Å². The second kappa shape index (κ2) is 7.57. The molecule has 1 aromatic carbocycles. The number of carbonyl (C=O) groups is 2. The Hall–Kier alpha value is -2.53. The minimum atomic E-state index is -0.772. The number of benzene rings is 1. The van der Waals surface area contributed by atoms with Gasteiger partial charge < -0.3 is 9.64 Å². The maximum absolute atomic E-state index is 12.5. The summed E-state index contributed by atoms with van der Waals surface area (Å²) < 4.78 is 5.39. The number of piperidine rings is 1. The van der Waals surface area contributed by atoms with Crippen LogP contribution in [-0.4, -0.2) is 35.6 Å². The summed E-state index contributed by atoms with van der Waals surface area (Å²) in [4.78, 5) is 29.0. The highest BCUT2D eigenvalue weighted by Gasteiger charge is 2.42. The van der Waals surface area contributed by atoms with Crippen molar-refractivity contribution < 1.29 is 14.3 Å². The molecule has 134 valence electrons. The molecule has 1 fully saturated rings. The third-order valence-corrected chi connectivity index (χ3v) is 4.35. The first-order valence-corrected chi connectivity index (χ1v) is 8.37. The van der Waals surface area contributed by atoms with E-state index in [-0.39, 0.29) is 6.09 Å². The Morgan fingerprint density at radius 1 is 1.24 bits per heavy atom. The van der Waals surface area contributed by atoms with Crippen LogP contribution in [0.5, 0.6) is 0 Å². The van der Waals surface area contributed by atoms with Gasteiger partial charge in [-0.2, -0.15) is 0 Å². The van der Waals surface area contributed by atoms with Crippen molar-refractivity contribution in [3.63, 3.8) is 0 Å². The van der Waals surface area contributed by atoms with Gasteiger partial charge in [-0.25, -0.2) is 4.79 Å². The molecule has 0 aliphatic carbocycles. The highest BCUT2D eigenvalue weighted by atomic mass is 16.6. The van der Waals surface area contributed by atoms with E-state index in [9.17, 15) is 9.59 Å². The standard InChI is InChI=1S/C18H24N4O3/c1-17(2,3)25-16(24)22-11-9-18(10-12-22,15(23)20-21-19)13-14-7-5-4-6-8-14/h4-8H,9-13H2,1-3H3. The summed E-state index contributed by atoms with van der Waals surface area (Å²) >= 11 is 0. The van der Waals surface area contributed by atoms with Gasteiger partial charge >= 0.3 is 6.09 Å². The molecule has 7 heteroatoms. The number of hydrogen-bond donors (Lipinski definition) is 0. The first kappa shape index (κ1) is 18.8. The number of amides is 2. The van der Waals surface area contributed by atoms with E-state index in [1.54, 1.807) is 4.90 Å². The summed E-state index contributed by atoms with van der Waals surface area (Å²) in [6, 6.07) is 9.64. The average molecular weight is 344 g/mol. The molecule has 2 rings (SSSR count). The lowest BCUT2D eigenvalue weighted by molar-refractivity contribution is -0.130. The normalized spacial score (nSPS) is 16.7. The zero-order chi connectivity index (χ0) is 18.5. The van der Waals surface area contributed by atoms with Gasteiger partial charge in [0.25, 0.3) is 0 Å². The van der Waals surface area contributed by atoms with Crippen LogP contribution in [0.4, 0.5) is 4.79 Å². The highest BCUT2D eigenvalue weighted by molar-refractivity contribution is 5.84. The fourth-order valence-electron chi connectivity index (χ4n) is 3.04. The molecule has 0 atom stereocenters. The van der Waals surface area contributed by atoms with E-state index < -0.39 is 16.9 Å². The predicted molar refractivity (Wildman–Crippen MR) is 93.8 cm³/mol. The van der Waals surface area contributed by atoms with Crippen LogP contribution < -0.4 is 0 Å². The van der Waals surface area contributed by atoms with Crippen molar-refractivity contribution in [2.45, 2.75) is 45.6 Å². The lowest BCUT2D eigenvalue weighted by Gasteiger charge is -2.40. The van der Waals surface area contributed by atoms with Crippen molar-refractivity contribution >= 4 is 12.0 Å². The molecular formula is C18H24N4O3. The smallest absolute Gasteiger partial charge is 0.410 e. The van der Waals surface area contributed by atoms with E-state index in [1.165, 1.54) is 0 Å². The van der Waals surface area contributed by atoms with Gasteiger partial charge in [0.05, 0.1) is 0 Å². The topological polar surface area (TPSA) is 95.4 Å². The Morgan fingerprint density at radius 3 is 2.36 bits per heavy atom. The summed E-state index contributed by atoms with van der Waals surface area (Å²) in [5.41, 5.74) is 8.35. The molecule has 0 saturated carbocycles. The molecule has 0 spiro atoms. The van der Waals surface area contributed by atoms with Crippen LogP contribution in [0.3, 0.4) is 0 Å². The monoisotopic (exact) mass is 344 g/mol. The molecule has 2 amide bonds. The van der Waals surface area contributed by atoms with Crippen molar-refractivity contribution in [3.8, 4) is 0 Å². The zero-order valence-corrected chi connectivity index (χ0v) is 14.9. The van der Waals surface area contributed by atoms with Crippen molar-refractivity contribution in [3.05, 3.63) is 46.3 Å². The highest BCUT2D eigenvalue weighted by Crippen LogP contribution is 2.37. The van der Waals surface area contributed by atoms with E-state index in [0.717, 1.165) is 5.56 Å². The molecule has 1 aliphatic heterocycles. The summed E-state index contributed by atoms with van der Waals surface area (Å²) in [6.45, 7) is 6.25. The van der Waals surface area contributed by atoms with E-state index in [0.29, 0.717) is 32.4 Å². The first-order chi connectivity index (χ1) is 11.8. The first-order valence-electron chi connectivity index (χ1n) is 8.37. The Bertz CT molecular complexity index is 667. The van der Waals surface area contributed by atoms with Crippen molar-refractivity contribution in [2.75, 3.05) is 13.1 Å². The largest absolute Gasteiger partial charge is 0.444 e. The Kier molecular flexibility index (Phi) is 5.69. The second-order valence-electron chi connectivity index (χ2n) is 7.40. The van der Waals surface area contributed by atoms with Gasteiger partial charge in [-0.05, 0) is 56.2 Å². The molecule has 1 aliphatic rings. The molecule has 0 bridgehead atoms. The van der Waals surface area contributed by atoms with Gasteiger partial charge in [0, 0.05) is 23.4 Å². The van der Waals surface area contributed by atoms with Crippen LogP contribution in [0.1, 0.15) is 39.2 Å². The van der Waals surface area contributed by atoms with E-state index in [4.69, 9.17) is 10.3 Å². The zero-order valence-electron chi connectivity index (χ0n) is 14.9. The fraction of sp³-hybridized carbons (Fsp3) is 0.556. The van der Waals surface area contributed by atoms with E-state index >= 15 is 0 Å². The number of carbonyl (C=O) groups excluding carboxylic acids is 2. The minimum Gasteiger partial charge on any atom is -0.444 e. The average Bonchev–Trinajstić information content (AvgIpc) is 2.55. The summed E-state index contributed by atoms with van der Waals surface area (Å²) in [6.07, 6.45) is 1.00. The molecule has 0 unspecified atom stereocenters. The molecule has 0 aromatic heterocycles. The number of rotatable bonds is 3. The van der Waals surface area contributed by atoms with Crippen LogP contribution in [0, 0.1) is 5.41 Å². The maximum atomic E-state index is 12.5. The summed E-state index contributed by atoms with van der Waals surface area (Å²) in [5.74, 6) is -0.456. The van der Waals surface area contributed by atoms with Gasteiger partial charge in [0.1, 0.15) is 5.60 Å². The number of hydrogen-bond acceptors (Lipinski definition) is 3. The van der Waals surface area contributed by atoms with E-state index in [2.05, 4.69) is 10.0 Å². The molecule has 1 saturated heterocycles. The maximum Gasteiger partial charge on any atom is 0.410 e. The Labute approximate surface area is 147 Å². The molecule has 0 radical (unpaired) electrons. The van der Waals surface area contributed by atoms with Crippen LogP contribution in [-0.2, 0) is 16.0 Å². The molecule has 1 aromatic rings. The van der Waals surface area contributed by atoms with Gasteiger partial charge in [0.2, 0.25) is 5.91 Å². The number of azide groups is 1. The quantitative estimate of drug-likeness (QED) is 0.469. The van der Waals surface area contributed by atoms with Gasteiger partial charge in [0.15, 0.2) is 0 Å². The van der Waals surface area contributed by atoms with Crippen molar-refractivity contribution in [1.82, 2.24) is 4.90 Å². The lowest BCUT2D eigenvalue weighted by Crippen LogP contribution is -2.48. The summed E-state index contributed by atoms with van der Waals surface area (Å²) in [5, 5.41) is 3.35. The Morgan fingerprint density at radius 2 is 1.84 bits per heavy atom. The predicted octanol–water partition coefficient (Wildman–Crippen LogP) is 4.08. The van der Waals surface area contributed by atoms with Gasteiger partial charge in [-0.3, -0.25) is 4.79 Å². The SMILES string of the molecule is CC(C)(C)OC(=O)N1CCC(Cc2ccccc2)(C(=O)N=[N+]=[N-])CC1. The van der Waals surface area contributed by atoms with Crippen LogP contribution in [0.2, 0.25) is 0 Å². The van der Waals surface area contributed by atoms with E-state index in [1.807, 2.05) is 51.1 Å². The number of ether oxygens (including phenoxy) is 1. The van der Waals surface area contributed by atoms with Crippen LogP contribution >= 0.6 is 0 Å². The minimum absolute atomic E-state index is 0.378. The molecule has 7 nitrogen and oxygen atoms in total. The molecular weight excluding hydrogens is 320 g/mol. The molecule has 0 N–H and O–H groups in total. The van der Waals surface area contributed by atoms with Crippen molar-refractivity contribution in [1.29, 1.82) is 0 Å². The lowest BCUT2D eigenvalue weighted by atomic mass is 9.73. The number of likely N-dealkylation sites (tertiary alicyclic amines) is 1. The number of nitrogens with zero attached hydrogens (tertiary/aromatic N) is 4. The fourth-order valence-corrected chi connectivity index (χ4v) is 3.04. The van der Waals surface area contributed by atoms with Crippen LogP contribution in [0.25, 0.3) is 10.4 Å². The third-order valence-electron chi connectivity index (χ3n) is 4.35.